The molecule has 0 radical (unpaired) electrons. The van der Waals surface area contributed by atoms with Gasteiger partial charge in [-0.05, 0) is 18.1 Å². The summed E-state index contributed by atoms with van der Waals surface area (Å²) in [7, 11) is 0. The van der Waals surface area contributed by atoms with Gasteiger partial charge in [0, 0.05) is 18.3 Å². The average molecular weight is 314 g/mol. The molecule has 0 aliphatic heterocycles. The molecule has 5 heteroatoms. The van der Waals surface area contributed by atoms with Gasteiger partial charge in [0.1, 0.15) is 0 Å². The van der Waals surface area contributed by atoms with E-state index in [1.165, 1.54) is 0 Å². The van der Waals surface area contributed by atoms with Crippen molar-refractivity contribution in [2.24, 2.45) is 0 Å². The molecule has 1 aromatic carbocycles. The Morgan fingerprint density at radius 2 is 2.04 bits per heavy atom. The molecule has 23 heavy (non-hydrogen) atoms. The van der Waals surface area contributed by atoms with Gasteiger partial charge >= 0.3 is 0 Å². The monoisotopic (exact) mass is 314 g/mol. The Bertz CT molecular complexity index is 617. The number of nitrogens with zero attached hydrogens (tertiary/aromatic N) is 1. The fraction of sp³-hybridized carbons (Fsp3) is 0.333. The number of ether oxygens (including phenoxy) is 1. The topological polar surface area (TPSA) is 71.5 Å². The van der Waals surface area contributed by atoms with E-state index in [1.54, 1.807) is 36.5 Å². The second kappa shape index (κ2) is 8.90. The van der Waals surface area contributed by atoms with Crippen molar-refractivity contribution in [1.29, 1.82) is 0 Å². The first-order valence-electron chi connectivity index (χ1n) is 7.79. The number of aromatic nitrogens is 1. The van der Waals surface area contributed by atoms with Crippen LogP contribution in [0.2, 0.25) is 0 Å². The van der Waals surface area contributed by atoms with Crippen molar-refractivity contribution in [1.82, 2.24) is 10.3 Å². The summed E-state index contributed by atoms with van der Waals surface area (Å²) in [5, 5.41) is 12.8. The summed E-state index contributed by atoms with van der Waals surface area (Å²) < 4.78 is 5.63. The standard InChI is InChI=1S/C18H22N2O3/c1-2-3-12-23-18-15(10-7-11-19-18)13-20-17(22)16(21)14-8-5-4-6-9-14/h4-11,16,21H,2-3,12-13H2,1H3,(H,20,22). The van der Waals surface area contributed by atoms with Gasteiger partial charge in [-0.2, -0.15) is 0 Å². The van der Waals surface area contributed by atoms with Crippen LogP contribution in [0.5, 0.6) is 5.88 Å². The Morgan fingerprint density at radius 3 is 2.78 bits per heavy atom. The van der Waals surface area contributed by atoms with Gasteiger partial charge in [0.25, 0.3) is 5.91 Å². The fourth-order valence-corrected chi connectivity index (χ4v) is 2.07. The summed E-state index contributed by atoms with van der Waals surface area (Å²) in [6, 6.07) is 12.5. The maximum absolute atomic E-state index is 12.1. The van der Waals surface area contributed by atoms with Crippen LogP contribution in [0.15, 0.2) is 48.7 Å². The van der Waals surface area contributed by atoms with Crippen LogP contribution in [0.4, 0.5) is 0 Å². The molecule has 1 unspecified atom stereocenters. The highest BCUT2D eigenvalue weighted by atomic mass is 16.5. The minimum Gasteiger partial charge on any atom is -0.477 e. The first kappa shape index (κ1) is 17.0. The summed E-state index contributed by atoms with van der Waals surface area (Å²) in [5.74, 6) is 0.0787. The lowest BCUT2D eigenvalue weighted by atomic mass is 10.1. The van der Waals surface area contributed by atoms with E-state index in [-0.39, 0.29) is 6.54 Å². The van der Waals surface area contributed by atoms with Crippen LogP contribution in [-0.4, -0.2) is 22.6 Å². The van der Waals surface area contributed by atoms with Crippen molar-refractivity contribution in [3.05, 3.63) is 59.8 Å². The lowest BCUT2D eigenvalue weighted by Crippen LogP contribution is -2.29. The minimum atomic E-state index is -1.18. The van der Waals surface area contributed by atoms with Crippen molar-refractivity contribution in [3.63, 3.8) is 0 Å². The number of hydrogen-bond donors (Lipinski definition) is 2. The van der Waals surface area contributed by atoms with Gasteiger partial charge in [-0.1, -0.05) is 49.7 Å². The molecule has 1 amide bonds. The molecule has 2 rings (SSSR count). The maximum Gasteiger partial charge on any atom is 0.253 e. The van der Waals surface area contributed by atoms with Crippen LogP contribution in [0.25, 0.3) is 0 Å². The average Bonchev–Trinajstić information content (AvgIpc) is 2.61. The number of pyridine rings is 1. The molecule has 0 aliphatic carbocycles. The number of carbonyl (C=O) groups is 1. The van der Waals surface area contributed by atoms with E-state index in [0.29, 0.717) is 18.1 Å². The normalized spacial score (nSPS) is 11.7. The van der Waals surface area contributed by atoms with Gasteiger partial charge in [-0.15, -0.1) is 0 Å². The molecule has 0 spiro atoms. The van der Waals surface area contributed by atoms with Crippen LogP contribution in [0.3, 0.4) is 0 Å². The Balaban J connectivity index is 1.94. The van der Waals surface area contributed by atoms with Gasteiger partial charge in [0.05, 0.1) is 6.61 Å². The highest BCUT2D eigenvalue weighted by Gasteiger charge is 2.17. The Morgan fingerprint density at radius 1 is 1.26 bits per heavy atom. The maximum atomic E-state index is 12.1. The number of rotatable bonds is 8. The molecule has 1 heterocycles. The molecule has 2 aromatic rings. The van der Waals surface area contributed by atoms with Crippen LogP contribution >= 0.6 is 0 Å². The smallest absolute Gasteiger partial charge is 0.253 e. The second-order valence-electron chi connectivity index (χ2n) is 5.20. The molecular formula is C18H22N2O3. The Kier molecular flexibility index (Phi) is 6.56. The highest BCUT2D eigenvalue weighted by Crippen LogP contribution is 2.16. The number of nitrogens with one attached hydrogen (secondary N) is 1. The van der Waals surface area contributed by atoms with E-state index >= 15 is 0 Å². The third-order valence-corrected chi connectivity index (χ3v) is 3.40. The number of hydrogen-bond acceptors (Lipinski definition) is 4. The predicted octanol–water partition coefficient (Wildman–Crippen LogP) is 2.61. The quantitative estimate of drug-likeness (QED) is 0.735. The highest BCUT2D eigenvalue weighted by molar-refractivity contribution is 5.81. The molecular weight excluding hydrogens is 292 g/mol. The van der Waals surface area contributed by atoms with E-state index in [9.17, 15) is 9.90 Å². The van der Waals surface area contributed by atoms with Crippen molar-refractivity contribution in [2.45, 2.75) is 32.4 Å². The SMILES string of the molecule is CCCCOc1ncccc1CNC(=O)C(O)c1ccccc1. The molecule has 0 saturated heterocycles. The Hall–Kier alpha value is -2.40. The molecule has 0 fully saturated rings. The number of carbonyl (C=O) groups excluding carboxylic acids is 1. The molecule has 0 saturated carbocycles. The summed E-state index contributed by atoms with van der Waals surface area (Å²) in [4.78, 5) is 16.3. The van der Waals surface area contributed by atoms with Gasteiger partial charge in [0.15, 0.2) is 6.10 Å². The van der Waals surface area contributed by atoms with Crippen molar-refractivity contribution in [2.75, 3.05) is 6.61 Å². The zero-order valence-corrected chi connectivity index (χ0v) is 13.2. The zero-order chi connectivity index (χ0) is 16.5. The van der Waals surface area contributed by atoms with E-state index in [1.807, 2.05) is 12.1 Å². The molecule has 1 aromatic heterocycles. The van der Waals surface area contributed by atoms with Gasteiger partial charge in [0.2, 0.25) is 5.88 Å². The van der Waals surface area contributed by atoms with E-state index < -0.39 is 12.0 Å². The van der Waals surface area contributed by atoms with Crippen molar-refractivity contribution < 1.29 is 14.6 Å². The number of benzene rings is 1. The molecule has 1 atom stereocenters. The van der Waals surface area contributed by atoms with Crippen molar-refractivity contribution in [3.8, 4) is 5.88 Å². The van der Waals surface area contributed by atoms with E-state index in [0.717, 1.165) is 18.4 Å². The lowest BCUT2D eigenvalue weighted by molar-refractivity contribution is -0.129. The number of amides is 1. The van der Waals surface area contributed by atoms with E-state index in [4.69, 9.17) is 4.74 Å². The minimum absolute atomic E-state index is 0.262. The first-order chi connectivity index (χ1) is 11.2. The predicted molar refractivity (Wildman–Crippen MR) is 87.9 cm³/mol. The lowest BCUT2D eigenvalue weighted by Gasteiger charge is -2.13. The number of unbranched alkanes of at least 4 members (excludes halogenated alkanes) is 1. The molecule has 2 N–H and O–H groups in total. The van der Waals surface area contributed by atoms with E-state index in [2.05, 4.69) is 17.2 Å². The van der Waals surface area contributed by atoms with Gasteiger partial charge < -0.3 is 15.2 Å². The van der Waals surface area contributed by atoms with Crippen LogP contribution < -0.4 is 10.1 Å². The van der Waals surface area contributed by atoms with Crippen LogP contribution in [-0.2, 0) is 11.3 Å². The summed E-state index contributed by atoms with van der Waals surface area (Å²) >= 11 is 0. The summed E-state index contributed by atoms with van der Waals surface area (Å²) in [6.45, 7) is 2.95. The second-order valence-corrected chi connectivity index (χ2v) is 5.20. The summed E-state index contributed by atoms with van der Waals surface area (Å²) in [6.07, 6.45) is 2.47. The molecule has 122 valence electrons. The number of aliphatic hydroxyl groups excluding tert-OH is 1. The summed E-state index contributed by atoms with van der Waals surface area (Å²) in [5.41, 5.74) is 1.35. The van der Waals surface area contributed by atoms with Gasteiger partial charge in [-0.25, -0.2) is 4.98 Å². The molecule has 5 nitrogen and oxygen atoms in total. The third-order valence-electron chi connectivity index (χ3n) is 3.40. The first-order valence-corrected chi connectivity index (χ1v) is 7.79. The largest absolute Gasteiger partial charge is 0.477 e. The van der Waals surface area contributed by atoms with Crippen LogP contribution in [0, 0.1) is 0 Å². The molecule has 0 bridgehead atoms. The van der Waals surface area contributed by atoms with Crippen molar-refractivity contribution >= 4 is 5.91 Å². The third kappa shape index (κ3) is 5.07. The number of aliphatic hydroxyl groups is 1. The van der Waals surface area contributed by atoms with Crippen LogP contribution in [0.1, 0.15) is 37.0 Å². The molecule has 0 aliphatic rings. The zero-order valence-electron chi connectivity index (χ0n) is 13.2. The van der Waals surface area contributed by atoms with Gasteiger partial charge in [-0.3, -0.25) is 4.79 Å². The fourth-order valence-electron chi connectivity index (χ4n) is 2.07. The Labute approximate surface area is 136 Å².